The molecule has 2 nitrogen and oxygen atoms in total. The predicted octanol–water partition coefficient (Wildman–Crippen LogP) is 2.94. The van der Waals surface area contributed by atoms with Crippen molar-refractivity contribution in [3.8, 4) is 5.75 Å². The predicted molar refractivity (Wildman–Crippen MR) is 67.1 cm³/mol. The number of hydrogen-bond acceptors (Lipinski definition) is 2. The molecule has 1 atom stereocenters. The maximum atomic E-state index is 5.58. The molecule has 1 saturated heterocycles. The van der Waals surface area contributed by atoms with Crippen molar-refractivity contribution in [2.45, 2.75) is 32.1 Å². The highest BCUT2D eigenvalue weighted by Gasteiger charge is 2.14. The Morgan fingerprint density at radius 1 is 1.31 bits per heavy atom. The van der Waals surface area contributed by atoms with E-state index in [0.717, 1.165) is 25.3 Å². The summed E-state index contributed by atoms with van der Waals surface area (Å²) < 4.78 is 5.58. The van der Waals surface area contributed by atoms with Gasteiger partial charge in [-0.3, -0.25) is 0 Å². The fraction of sp³-hybridized carbons (Fsp3) is 0.571. The number of piperidine rings is 1. The molecule has 2 heteroatoms. The lowest BCUT2D eigenvalue weighted by Gasteiger charge is -2.23. The summed E-state index contributed by atoms with van der Waals surface area (Å²) in [6.07, 6.45) is 3.66. The summed E-state index contributed by atoms with van der Waals surface area (Å²) in [5, 5.41) is 3.45. The second kappa shape index (κ2) is 5.90. The first-order valence-corrected chi connectivity index (χ1v) is 6.33. The van der Waals surface area contributed by atoms with Gasteiger partial charge < -0.3 is 10.1 Å². The largest absolute Gasteiger partial charge is 0.494 e. The van der Waals surface area contributed by atoms with Crippen molar-refractivity contribution in [1.29, 1.82) is 0 Å². The first kappa shape index (κ1) is 11.5. The number of rotatable bonds is 4. The van der Waals surface area contributed by atoms with Crippen LogP contribution in [0.1, 0.15) is 37.7 Å². The Morgan fingerprint density at radius 2 is 2.12 bits per heavy atom. The van der Waals surface area contributed by atoms with Crippen LogP contribution in [0.2, 0.25) is 0 Å². The summed E-state index contributed by atoms with van der Waals surface area (Å²) in [5.41, 5.74) is 1.44. The van der Waals surface area contributed by atoms with Gasteiger partial charge in [-0.15, -0.1) is 0 Å². The van der Waals surface area contributed by atoms with Gasteiger partial charge in [-0.05, 0) is 49.4 Å². The molecule has 16 heavy (non-hydrogen) atoms. The molecular formula is C14H21NO. The molecule has 1 aliphatic rings. The van der Waals surface area contributed by atoms with Gasteiger partial charge in [0.05, 0.1) is 6.61 Å². The fourth-order valence-corrected chi connectivity index (χ4v) is 2.19. The highest BCUT2D eigenvalue weighted by atomic mass is 16.5. The van der Waals surface area contributed by atoms with E-state index in [-0.39, 0.29) is 0 Å². The van der Waals surface area contributed by atoms with Crippen LogP contribution < -0.4 is 10.1 Å². The normalized spacial score (nSPS) is 20.7. The van der Waals surface area contributed by atoms with Crippen LogP contribution in [0.25, 0.3) is 0 Å². The van der Waals surface area contributed by atoms with Crippen LogP contribution in [0.3, 0.4) is 0 Å². The summed E-state index contributed by atoms with van der Waals surface area (Å²) in [5.74, 6) is 1.68. The van der Waals surface area contributed by atoms with Crippen LogP contribution >= 0.6 is 0 Å². The standard InChI is InChI=1S/C14H21NO/c1-2-10-16-14-7-5-12(6-8-14)13-4-3-9-15-11-13/h5-8,13,15H,2-4,9-11H2,1H3. The Morgan fingerprint density at radius 3 is 2.75 bits per heavy atom. The van der Waals surface area contributed by atoms with E-state index >= 15 is 0 Å². The van der Waals surface area contributed by atoms with E-state index < -0.39 is 0 Å². The SMILES string of the molecule is CCCOc1ccc(C2CCCNC2)cc1. The molecule has 1 aliphatic heterocycles. The molecule has 1 unspecified atom stereocenters. The van der Waals surface area contributed by atoms with Crippen molar-refractivity contribution in [3.63, 3.8) is 0 Å². The Labute approximate surface area is 98.0 Å². The van der Waals surface area contributed by atoms with Gasteiger partial charge in [0.15, 0.2) is 0 Å². The van der Waals surface area contributed by atoms with Crippen molar-refractivity contribution in [2.24, 2.45) is 0 Å². The highest BCUT2D eigenvalue weighted by molar-refractivity contribution is 5.29. The minimum atomic E-state index is 0.689. The summed E-state index contributed by atoms with van der Waals surface area (Å²) in [6, 6.07) is 8.62. The van der Waals surface area contributed by atoms with Gasteiger partial charge in [-0.25, -0.2) is 0 Å². The maximum Gasteiger partial charge on any atom is 0.119 e. The Kier molecular flexibility index (Phi) is 4.23. The molecule has 0 bridgehead atoms. The molecule has 1 aromatic rings. The van der Waals surface area contributed by atoms with E-state index in [4.69, 9.17) is 4.74 Å². The van der Waals surface area contributed by atoms with E-state index in [0.29, 0.717) is 5.92 Å². The smallest absolute Gasteiger partial charge is 0.119 e. The second-order valence-electron chi connectivity index (χ2n) is 4.46. The zero-order valence-electron chi connectivity index (χ0n) is 10.0. The maximum absolute atomic E-state index is 5.58. The molecule has 1 fully saturated rings. The van der Waals surface area contributed by atoms with Gasteiger partial charge in [-0.2, -0.15) is 0 Å². The van der Waals surface area contributed by atoms with Crippen LogP contribution in [0.4, 0.5) is 0 Å². The third kappa shape index (κ3) is 2.99. The monoisotopic (exact) mass is 219 g/mol. The van der Waals surface area contributed by atoms with Gasteiger partial charge in [0.25, 0.3) is 0 Å². The van der Waals surface area contributed by atoms with Crippen molar-refractivity contribution >= 4 is 0 Å². The van der Waals surface area contributed by atoms with Crippen molar-refractivity contribution in [3.05, 3.63) is 29.8 Å². The first-order valence-electron chi connectivity index (χ1n) is 6.33. The molecule has 88 valence electrons. The molecule has 0 aliphatic carbocycles. The van der Waals surface area contributed by atoms with E-state index in [1.807, 2.05) is 0 Å². The number of benzene rings is 1. The minimum absolute atomic E-state index is 0.689. The van der Waals surface area contributed by atoms with Crippen LogP contribution in [0, 0.1) is 0 Å². The molecule has 0 aromatic heterocycles. The van der Waals surface area contributed by atoms with Crippen molar-refractivity contribution in [2.75, 3.05) is 19.7 Å². The Balaban J connectivity index is 1.95. The van der Waals surface area contributed by atoms with Crippen LogP contribution in [0.5, 0.6) is 5.75 Å². The molecule has 1 heterocycles. The average Bonchev–Trinajstić information content (AvgIpc) is 2.38. The quantitative estimate of drug-likeness (QED) is 0.840. The minimum Gasteiger partial charge on any atom is -0.494 e. The molecule has 1 aromatic carbocycles. The molecule has 2 rings (SSSR count). The fourth-order valence-electron chi connectivity index (χ4n) is 2.19. The topological polar surface area (TPSA) is 21.3 Å². The zero-order chi connectivity index (χ0) is 11.2. The summed E-state index contributed by atoms with van der Waals surface area (Å²) in [7, 11) is 0. The Bertz CT molecular complexity index is 301. The van der Waals surface area contributed by atoms with Crippen molar-refractivity contribution in [1.82, 2.24) is 5.32 Å². The van der Waals surface area contributed by atoms with Crippen LogP contribution in [-0.4, -0.2) is 19.7 Å². The van der Waals surface area contributed by atoms with Gasteiger partial charge in [-0.1, -0.05) is 19.1 Å². The lowest BCUT2D eigenvalue weighted by atomic mass is 9.92. The third-order valence-electron chi connectivity index (χ3n) is 3.12. The second-order valence-corrected chi connectivity index (χ2v) is 4.46. The highest BCUT2D eigenvalue weighted by Crippen LogP contribution is 2.24. The molecular weight excluding hydrogens is 198 g/mol. The van der Waals surface area contributed by atoms with Crippen molar-refractivity contribution < 1.29 is 4.74 Å². The number of hydrogen-bond donors (Lipinski definition) is 1. The van der Waals surface area contributed by atoms with Gasteiger partial charge in [0.2, 0.25) is 0 Å². The molecule has 0 spiro atoms. The molecule has 0 radical (unpaired) electrons. The van der Waals surface area contributed by atoms with E-state index in [2.05, 4.69) is 36.5 Å². The summed E-state index contributed by atoms with van der Waals surface area (Å²) >= 11 is 0. The lowest BCUT2D eigenvalue weighted by molar-refractivity contribution is 0.317. The first-order chi connectivity index (χ1) is 7.90. The summed E-state index contributed by atoms with van der Waals surface area (Å²) in [4.78, 5) is 0. The van der Waals surface area contributed by atoms with E-state index in [1.165, 1.54) is 24.9 Å². The zero-order valence-corrected chi connectivity index (χ0v) is 10.0. The van der Waals surface area contributed by atoms with Gasteiger partial charge in [0.1, 0.15) is 5.75 Å². The molecule has 1 N–H and O–H groups in total. The van der Waals surface area contributed by atoms with Crippen LogP contribution in [0.15, 0.2) is 24.3 Å². The summed E-state index contributed by atoms with van der Waals surface area (Å²) in [6.45, 7) is 5.23. The Hall–Kier alpha value is -1.02. The lowest BCUT2D eigenvalue weighted by Crippen LogP contribution is -2.28. The molecule has 0 amide bonds. The van der Waals surface area contributed by atoms with E-state index in [9.17, 15) is 0 Å². The molecule has 0 saturated carbocycles. The number of ether oxygens (including phenoxy) is 1. The van der Waals surface area contributed by atoms with Gasteiger partial charge >= 0.3 is 0 Å². The third-order valence-corrected chi connectivity index (χ3v) is 3.12. The van der Waals surface area contributed by atoms with Gasteiger partial charge in [0, 0.05) is 6.54 Å². The number of nitrogens with one attached hydrogen (secondary N) is 1. The average molecular weight is 219 g/mol. The van der Waals surface area contributed by atoms with Crippen LogP contribution in [-0.2, 0) is 0 Å². The van der Waals surface area contributed by atoms with E-state index in [1.54, 1.807) is 0 Å².